The van der Waals surface area contributed by atoms with E-state index < -0.39 is 17.9 Å². The molecule has 1 fully saturated rings. The first-order valence-electron chi connectivity index (χ1n) is 4.75. The predicted molar refractivity (Wildman–Crippen MR) is 48.8 cm³/mol. The Morgan fingerprint density at radius 3 is 2.50 bits per heavy atom. The lowest BCUT2D eigenvalue weighted by Crippen LogP contribution is -2.36. The number of esters is 1. The minimum absolute atomic E-state index is 0.120. The van der Waals surface area contributed by atoms with E-state index in [1.807, 2.05) is 0 Å². The number of ether oxygens (including phenoxy) is 1. The highest BCUT2D eigenvalue weighted by Gasteiger charge is 2.25. The number of nitrogens with one attached hydrogen (secondary N) is 1. The van der Waals surface area contributed by atoms with Crippen LogP contribution in [0, 0.1) is 5.92 Å². The van der Waals surface area contributed by atoms with Crippen molar-refractivity contribution in [1.29, 1.82) is 0 Å². The van der Waals surface area contributed by atoms with Gasteiger partial charge in [-0.05, 0) is 32.9 Å². The standard InChI is InChI=1S/C9H15NO4/c1-6(8(11)12)9(13)14-7-2-4-10-5-3-7/h6-7,10H,2-5H2,1H3,(H,11,12). The molecular weight excluding hydrogens is 186 g/mol. The molecule has 2 N–H and O–H groups in total. The van der Waals surface area contributed by atoms with E-state index in [9.17, 15) is 9.59 Å². The summed E-state index contributed by atoms with van der Waals surface area (Å²) in [4.78, 5) is 21.7. The molecule has 0 bridgehead atoms. The normalized spacial score (nSPS) is 20.1. The van der Waals surface area contributed by atoms with Gasteiger partial charge in [0, 0.05) is 0 Å². The van der Waals surface area contributed by atoms with Gasteiger partial charge in [-0.2, -0.15) is 0 Å². The molecule has 0 aromatic rings. The third-order valence-electron chi connectivity index (χ3n) is 2.29. The molecule has 5 nitrogen and oxygen atoms in total. The minimum Gasteiger partial charge on any atom is -0.481 e. The third-order valence-corrected chi connectivity index (χ3v) is 2.29. The molecule has 1 atom stereocenters. The molecule has 0 aromatic heterocycles. The van der Waals surface area contributed by atoms with Crippen molar-refractivity contribution < 1.29 is 19.4 Å². The molecular formula is C9H15NO4. The maximum atomic E-state index is 11.2. The second-order valence-corrected chi connectivity index (χ2v) is 3.45. The number of hydrogen-bond donors (Lipinski definition) is 2. The van der Waals surface area contributed by atoms with Crippen LogP contribution >= 0.6 is 0 Å². The number of aliphatic carboxylic acids is 1. The Kier molecular flexibility index (Phi) is 3.88. The fourth-order valence-corrected chi connectivity index (χ4v) is 1.28. The first-order chi connectivity index (χ1) is 6.61. The van der Waals surface area contributed by atoms with Gasteiger partial charge in [-0.15, -0.1) is 0 Å². The van der Waals surface area contributed by atoms with Gasteiger partial charge in [-0.3, -0.25) is 9.59 Å². The SMILES string of the molecule is CC(C(=O)O)C(=O)OC1CCNCC1. The van der Waals surface area contributed by atoms with E-state index in [1.54, 1.807) is 0 Å². The molecule has 1 rings (SSSR count). The van der Waals surface area contributed by atoms with Crippen LogP contribution in [0.4, 0.5) is 0 Å². The first kappa shape index (κ1) is 11.0. The molecule has 1 aliphatic heterocycles. The zero-order valence-corrected chi connectivity index (χ0v) is 8.16. The van der Waals surface area contributed by atoms with Crippen LogP contribution in [0.3, 0.4) is 0 Å². The Labute approximate surface area is 82.4 Å². The Hall–Kier alpha value is -1.10. The van der Waals surface area contributed by atoms with E-state index in [-0.39, 0.29) is 6.10 Å². The van der Waals surface area contributed by atoms with Crippen LogP contribution in [-0.4, -0.2) is 36.2 Å². The Morgan fingerprint density at radius 2 is 2.00 bits per heavy atom. The first-order valence-corrected chi connectivity index (χ1v) is 4.75. The van der Waals surface area contributed by atoms with Gasteiger partial charge in [0.2, 0.25) is 0 Å². The summed E-state index contributed by atoms with van der Waals surface area (Å²) in [6.45, 7) is 2.98. The van der Waals surface area contributed by atoms with Crippen molar-refractivity contribution in [3.05, 3.63) is 0 Å². The largest absolute Gasteiger partial charge is 0.481 e. The molecule has 0 amide bonds. The average molecular weight is 201 g/mol. The van der Waals surface area contributed by atoms with Crippen LogP contribution in [-0.2, 0) is 14.3 Å². The summed E-state index contributed by atoms with van der Waals surface area (Å²) in [5.41, 5.74) is 0. The van der Waals surface area contributed by atoms with E-state index in [1.165, 1.54) is 6.92 Å². The van der Waals surface area contributed by atoms with Crippen molar-refractivity contribution in [3.8, 4) is 0 Å². The quantitative estimate of drug-likeness (QED) is 0.496. The number of rotatable bonds is 3. The fraction of sp³-hybridized carbons (Fsp3) is 0.778. The zero-order valence-electron chi connectivity index (χ0n) is 8.16. The Balaban J connectivity index is 2.35. The fourth-order valence-electron chi connectivity index (χ4n) is 1.28. The summed E-state index contributed by atoms with van der Waals surface area (Å²) in [6, 6.07) is 0. The summed E-state index contributed by atoms with van der Waals surface area (Å²) in [5.74, 6) is -2.83. The van der Waals surface area contributed by atoms with Crippen LogP contribution < -0.4 is 5.32 Å². The lowest BCUT2D eigenvalue weighted by molar-refractivity contribution is -0.162. The molecule has 0 spiro atoms. The van der Waals surface area contributed by atoms with Crippen molar-refractivity contribution >= 4 is 11.9 Å². The number of carbonyl (C=O) groups excluding carboxylic acids is 1. The minimum atomic E-state index is -1.14. The average Bonchev–Trinajstić information content (AvgIpc) is 2.18. The summed E-state index contributed by atoms with van der Waals surface area (Å²) in [7, 11) is 0. The second-order valence-electron chi connectivity index (χ2n) is 3.45. The van der Waals surface area contributed by atoms with Crippen molar-refractivity contribution in [1.82, 2.24) is 5.32 Å². The van der Waals surface area contributed by atoms with Gasteiger partial charge >= 0.3 is 11.9 Å². The second kappa shape index (κ2) is 4.95. The van der Waals surface area contributed by atoms with Gasteiger partial charge in [-0.1, -0.05) is 0 Å². The monoisotopic (exact) mass is 201 g/mol. The molecule has 0 aromatic carbocycles. The third kappa shape index (κ3) is 2.99. The lowest BCUT2D eigenvalue weighted by Gasteiger charge is -2.23. The van der Waals surface area contributed by atoms with Gasteiger partial charge in [0.15, 0.2) is 5.92 Å². The molecule has 1 unspecified atom stereocenters. The maximum Gasteiger partial charge on any atom is 0.320 e. The van der Waals surface area contributed by atoms with Gasteiger partial charge in [0.1, 0.15) is 6.10 Å². The Bertz CT molecular complexity index is 223. The van der Waals surface area contributed by atoms with Crippen LogP contribution in [0.5, 0.6) is 0 Å². The summed E-state index contributed by atoms with van der Waals surface area (Å²) >= 11 is 0. The molecule has 0 aliphatic carbocycles. The van der Waals surface area contributed by atoms with Crippen LogP contribution in [0.15, 0.2) is 0 Å². The van der Waals surface area contributed by atoms with Crippen LogP contribution in [0.25, 0.3) is 0 Å². The number of piperidine rings is 1. The number of carboxylic acid groups (broad SMARTS) is 1. The van der Waals surface area contributed by atoms with Crippen LogP contribution in [0.2, 0.25) is 0 Å². The number of carbonyl (C=O) groups is 2. The van der Waals surface area contributed by atoms with E-state index in [0.717, 1.165) is 25.9 Å². The van der Waals surface area contributed by atoms with E-state index >= 15 is 0 Å². The summed E-state index contributed by atoms with van der Waals surface area (Å²) in [6.07, 6.45) is 1.40. The van der Waals surface area contributed by atoms with E-state index in [2.05, 4.69) is 5.32 Å². The van der Waals surface area contributed by atoms with Gasteiger partial charge in [0.25, 0.3) is 0 Å². The van der Waals surface area contributed by atoms with E-state index in [0.29, 0.717) is 0 Å². The van der Waals surface area contributed by atoms with Crippen molar-refractivity contribution in [2.75, 3.05) is 13.1 Å². The molecule has 1 saturated heterocycles. The molecule has 14 heavy (non-hydrogen) atoms. The van der Waals surface area contributed by atoms with Crippen molar-refractivity contribution in [3.63, 3.8) is 0 Å². The smallest absolute Gasteiger partial charge is 0.320 e. The zero-order chi connectivity index (χ0) is 10.6. The molecule has 80 valence electrons. The highest BCUT2D eigenvalue weighted by molar-refractivity contribution is 5.93. The topological polar surface area (TPSA) is 75.6 Å². The van der Waals surface area contributed by atoms with Crippen molar-refractivity contribution in [2.24, 2.45) is 5.92 Å². The molecule has 0 radical (unpaired) electrons. The molecule has 5 heteroatoms. The molecule has 1 heterocycles. The van der Waals surface area contributed by atoms with Gasteiger partial charge < -0.3 is 15.2 Å². The van der Waals surface area contributed by atoms with Gasteiger partial charge in [-0.25, -0.2) is 0 Å². The number of carboxylic acids is 1. The molecule has 0 saturated carbocycles. The summed E-state index contributed by atoms with van der Waals surface area (Å²) in [5, 5.41) is 11.7. The Morgan fingerprint density at radius 1 is 1.43 bits per heavy atom. The lowest BCUT2D eigenvalue weighted by atomic mass is 10.1. The van der Waals surface area contributed by atoms with Crippen LogP contribution in [0.1, 0.15) is 19.8 Å². The van der Waals surface area contributed by atoms with Crippen molar-refractivity contribution in [2.45, 2.75) is 25.9 Å². The molecule has 1 aliphatic rings. The highest BCUT2D eigenvalue weighted by Crippen LogP contribution is 2.10. The summed E-state index contributed by atoms with van der Waals surface area (Å²) < 4.78 is 5.05. The predicted octanol–water partition coefficient (Wildman–Crippen LogP) is 0.00230. The highest BCUT2D eigenvalue weighted by atomic mass is 16.5. The number of hydrogen-bond acceptors (Lipinski definition) is 4. The maximum absolute atomic E-state index is 11.2. The van der Waals surface area contributed by atoms with E-state index in [4.69, 9.17) is 9.84 Å². The van der Waals surface area contributed by atoms with Gasteiger partial charge in [0.05, 0.1) is 0 Å².